The SMILES string of the molecule is [B]C(Cc1cc(OC)c2c(c1)OCO2)NC. The number of nitrogens with one attached hydrogen (secondary N) is 1. The second kappa shape index (κ2) is 4.66. The lowest BCUT2D eigenvalue weighted by Gasteiger charge is -2.12. The van der Waals surface area contributed by atoms with Crippen molar-refractivity contribution in [2.24, 2.45) is 0 Å². The molecule has 1 atom stereocenters. The molecule has 1 aliphatic rings. The molecule has 0 spiro atoms. The Morgan fingerprint density at radius 1 is 1.50 bits per heavy atom. The Morgan fingerprint density at radius 2 is 2.31 bits per heavy atom. The first kappa shape index (κ1) is 11.1. The molecule has 2 radical (unpaired) electrons. The first-order valence-electron chi connectivity index (χ1n) is 5.14. The standard InChI is InChI=1S/C11H14BNO3/c1-13-10(12)5-7-3-8(14-2)11-9(4-7)15-6-16-11/h3-4,10,13H,5-6H2,1-2H3. The summed E-state index contributed by atoms with van der Waals surface area (Å²) in [4.78, 5) is 0. The predicted molar refractivity (Wildman–Crippen MR) is 61.4 cm³/mol. The summed E-state index contributed by atoms with van der Waals surface area (Å²) in [5, 5.41) is 2.98. The van der Waals surface area contributed by atoms with E-state index >= 15 is 0 Å². The molecule has 0 aromatic heterocycles. The Labute approximate surface area is 96.3 Å². The molecule has 2 rings (SSSR count). The Bertz CT molecular complexity index is 384. The fourth-order valence-corrected chi connectivity index (χ4v) is 1.66. The number of benzene rings is 1. The Balaban J connectivity index is 2.27. The van der Waals surface area contributed by atoms with Crippen molar-refractivity contribution in [1.29, 1.82) is 0 Å². The number of likely N-dealkylation sites (N-methyl/N-ethyl adjacent to an activating group) is 1. The van der Waals surface area contributed by atoms with E-state index in [9.17, 15) is 0 Å². The Morgan fingerprint density at radius 3 is 3.00 bits per heavy atom. The third kappa shape index (κ3) is 2.09. The fraction of sp³-hybridized carbons (Fsp3) is 0.455. The van der Waals surface area contributed by atoms with Crippen LogP contribution >= 0.6 is 0 Å². The van der Waals surface area contributed by atoms with E-state index < -0.39 is 0 Å². The minimum absolute atomic E-state index is 0.0786. The van der Waals surface area contributed by atoms with Gasteiger partial charge in [-0.1, -0.05) is 0 Å². The van der Waals surface area contributed by atoms with Crippen molar-refractivity contribution in [3.8, 4) is 17.2 Å². The highest BCUT2D eigenvalue weighted by molar-refractivity contribution is 6.11. The van der Waals surface area contributed by atoms with E-state index in [1.54, 1.807) is 7.11 Å². The van der Waals surface area contributed by atoms with E-state index in [0.717, 1.165) is 11.3 Å². The maximum atomic E-state index is 5.82. The molecule has 5 heteroatoms. The number of ether oxygens (including phenoxy) is 3. The number of methoxy groups -OCH3 is 1. The van der Waals surface area contributed by atoms with Crippen LogP contribution in [-0.4, -0.2) is 34.7 Å². The maximum absolute atomic E-state index is 5.82. The van der Waals surface area contributed by atoms with Crippen LogP contribution in [0.1, 0.15) is 5.56 Å². The molecule has 4 nitrogen and oxygen atoms in total. The van der Waals surface area contributed by atoms with Crippen LogP contribution in [0.5, 0.6) is 17.2 Å². The van der Waals surface area contributed by atoms with E-state index in [1.165, 1.54) is 0 Å². The summed E-state index contributed by atoms with van der Waals surface area (Å²) in [5.74, 6) is 2.00. The van der Waals surface area contributed by atoms with Crippen molar-refractivity contribution in [3.63, 3.8) is 0 Å². The number of rotatable bonds is 4. The first-order chi connectivity index (χ1) is 7.74. The smallest absolute Gasteiger partial charge is 0.231 e. The lowest BCUT2D eigenvalue weighted by molar-refractivity contribution is 0.171. The van der Waals surface area contributed by atoms with Gasteiger partial charge in [0.15, 0.2) is 11.5 Å². The fourth-order valence-electron chi connectivity index (χ4n) is 1.66. The summed E-state index contributed by atoms with van der Waals surface area (Å²) in [6.45, 7) is 0.243. The van der Waals surface area contributed by atoms with Gasteiger partial charge < -0.3 is 19.5 Å². The molecular weight excluding hydrogens is 205 g/mol. The molecule has 0 aliphatic carbocycles. The van der Waals surface area contributed by atoms with Crippen molar-refractivity contribution in [3.05, 3.63) is 17.7 Å². The average molecular weight is 219 g/mol. The van der Waals surface area contributed by atoms with Crippen LogP contribution in [0.15, 0.2) is 12.1 Å². The second-order valence-corrected chi connectivity index (χ2v) is 3.63. The molecule has 84 valence electrons. The van der Waals surface area contributed by atoms with Crippen LogP contribution in [0.4, 0.5) is 0 Å². The highest BCUT2D eigenvalue weighted by atomic mass is 16.7. The lowest BCUT2D eigenvalue weighted by atomic mass is 9.90. The molecule has 1 N–H and O–H groups in total. The minimum atomic E-state index is -0.0786. The van der Waals surface area contributed by atoms with Crippen molar-refractivity contribution in [1.82, 2.24) is 5.32 Å². The summed E-state index contributed by atoms with van der Waals surface area (Å²) >= 11 is 0. The molecular formula is C11H14BNO3. The molecule has 16 heavy (non-hydrogen) atoms. The topological polar surface area (TPSA) is 39.7 Å². The van der Waals surface area contributed by atoms with Crippen LogP contribution in [0.3, 0.4) is 0 Å². The van der Waals surface area contributed by atoms with Gasteiger partial charge in [-0.3, -0.25) is 0 Å². The molecule has 1 unspecified atom stereocenters. The van der Waals surface area contributed by atoms with Gasteiger partial charge in [0.25, 0.3) is 0 Å². The molecule has 0 saturated heterocycles. The van der Waals surface area contributed by atoms with Gasteiger partial charge in [-0.25, -0.2) is 0 Å². The Hall–Kier alpha value is -1.36. The van der Waals surface area contributed by atoms with Gasteiger partial charge in [0, 0.05) is 0 Å². The lowest BCUT2D eigenvalue weighted by Crippen LogP contribution is -2.27. The van der Waals surface area contributed by atoms with Gasteiger partial charge in [-0.2, -0.15) is 0 Å². The van der Waals surface area contributed by atoms with Crippen molar-refractivity contribution < 1.29 is 14.2 Å². The van der Waals surface area contributed by atoms with Crippen LogP contribution in [0.2, 0.25) is 0 Å². The number of fused-ring (bicyclic) bond motifs is 1. The maximum Gasteiger partial charge on any atom is 0.231 e. The van der Waals surface area contributed by atoms with Gasteiger partial charge in [0.1, 0.15) is 0 Å². The summed E-state index contributed by atoms with van der Waals surface area (Å²) in [5.41, 5.74) is 1.06. The van der Waals surface area contributed by atoms with Crippen LogP contribution < -0.4 is 19.5 Å². The van der Waals surface area contributed by atoms with Crippen LogP contribution in [0, 0.1) is 0 Å². The summed E-state index contributed by atoms with van der Waals surface area (Å²) in [7, 11) is 9.26. The largest absolute Gasteiger partial charge is 0.493 e. The summed E-state index contributed by atoms with van der Waals surface area (Å²) in [6, 6.07) is 3.85. The average Bonchev–Trinajstić information content (AvgIpc) is 2.75. The monoisotopic (exact) mass is 219 g/mol. The third-order valence-electron chi connectivity index (χ3n) is 2.54. The molecule has 1 aromatic rings. The molecule has 0 bridgehead atoms. The first-order valence-corrected chi connectivity index (χ1v) is 5.14. The molecule has 0 fully saturated rings. The molecule has 1 aliphatic heterocycles. The normalized spacial score (nSPS) is 14.9. The zero-order valence-corrected chi connectivity index (χ0v) is 9.45. The molecule has 0 amide bonds. The van der Waals surface area contributed by atoms with E-state index in [-0.39, 0.29) is 12.7 Å². The van der Waals surface area contributed by atoms with Crippen molar-refractivity contribution in [2.45, 2.75) is 12.4 Å². The Kier molecular flexibility index (Phi) is 3.24. The van der Waals surface area contributed by atoms with E-state index in [4.69, 9.17) is 22.1 Å². The van der Waals surface area contributed by atoms with E-state index in [1.807, 2.05) is 19.2 Å². The molecule has 1 heterocycles. The third-order valence-corrected chi connectivity index (χ3v) is 2.54. The van der Waals surface area contributed by atoms with E-state index in [2.05, 4.69) is 5.32 Å². The van der Waals surface area contributed by atoms with E-state index in [0.29, 0.717) is 17.9 Å². The predicted octanol–water partition coefficient (Wildman–Crippen LogP) is 0.680. The summed E-state index contributed by atoms with van der Waals surface area (Å²) < 4.78 is 15.9. The molecule has 0 saturated carbocycles. The minimum Gasteiger partial charge on any atom is -0.493 e. The highest BCUT2D eigenvalue weighted by Gasteiger charge is 2.20. The van der Waals surface area contributed by atoms with Crippen LogP contribution in [-0.2, 0) is 6.42 Å². The second-order valence-electron chi connectivity index (χ2n) is 3.63. The van der Waals surface area contributed by atoms with Crippen molar-refractivity contribution >= 4 is 7.85 Å². The number of hydrogen-bond donors (Lipinski definition) is 1. The zero-order valence-electron chi connectivity index (χ0n) is 9.45. The number of hydrogen-bond acceptors (Lipinski definition) is 4. The van der Waals surface area contributed by atoms with Gasteiger partial charge in [0.05, 0.1) is 15.0 Å². The summed E-state index contributed by atoms with van der Waals surface area (Å²) in [6.07, 6.45) is 0.712. The van der Waals surface area contributed by atoms with Gasteiger partial charge in [-0.15, -0.1) is 0 Å². The zero-order chi connectivity index (χ0) is 11.5. The molecule has 1 aromatic carbocycles. The van der Waals surface area contributed by atoms with Crippen LogP contribution in [0.25, 0.3) is 0 Å². The quantitative estimate of drug-likeness (QED) is 0.756. The van der Waals surface area contributed by atoms with Crippen molar-refractivity contribution in [2.75, 3.05) is 21.0 Å². The van der Waals surface area contributed by atoms with Gasteiger partial charge in [0.2, 0.25) is 12.5 Å². The van der Waals surface area contributed by atoms with Gasteiger partial charge >= 0.3 is 0 Å². The van der Waals surface area contributed by atoms with Gasteiger partial charge in [-0.05, 0) is 37.1 Å². The highest BCUT2D eigenvalue weighted by Crippen LogP contribution is 2.41.